The van der Waals surface area contributed by atoms with Crippen molar-refractivity contribution in [2.24, 2.45) is 0 Å². The summed E-state index contributed by atoms with van der Waals surface area (Å²) >= 11 is 0. The van der Waals surface area contributed by atoms with Gasteiger partial charge in [0.1, 0.15) is 30.5 Å². The number of hydrogen-bond acceptors (Lipinski definition) is 9. The minimum atomic E-state index is -4.35. The highest BCUT2D eigenvalue weighted by Crippen LogP contribution is 2.24. The number of allylic oxidation sites excluding steroid dienone is 1. The smallest absolute Gasteiger partial charge is 0.252 e. The summed E-state index contributed by atoms with van der Waals surface area (Å²) in [5, 5.41) is 40.3. The lowest BCUT2D eigenvalue weighted by atomic mass is 10.1. The molecule has 0 aliphatic carbocycles. The molecule has 0 spiro atoms. The van der Waals surface area contributed by atoms with Crippen LogP contribution in [0.15, 0.2) is 41.3 Å². The van der Waals surface area contributed by atoms with Crippen LogP contribution in [0.4, 0.5) is 5.69 Å². The number of sulfonamides is 1. The van der Waals surface area contributed by atoms with Crippen molar-refractivity contribution in [3.63, 3.8) is 0 Å². The average Bonchev–Trinajstić information content (AvgIpc) is 2.74. The second kappa shape index (κ2) is 9.29. The van der Waals surface area contributed by atoms with Crippen molar-refractivity contribution in [3.05, 3.63) is 46.9 Å². The van der Waals surface area contributed by atoms with Crippen molar-refractivity contribution in [3.8, 4) is 6.07 Å². The molecule has 0 amide bonds. The van der Waals surface area contributed by atoms with Gasteiger partial charge in [0.25, 0.3) is 10.0 Å². The zero-order chi connectivity index (χ0) is 22.8. The van der Waals surface area contributed by atoms with E-state index in [2.05, 4.69) is 10.2 Å². The van der Waals surface area contributed by atoms with Crippen LogP contribution in [0, 0.1) is 11.3 Å². The Kier molecular flexibility index (Phi) is 6.93. The molecule has 166 valence electrons. The highest BCUT2D eigenvalue weighted by Gasteiger charge is 2.40. The van der Waals surface area contributed by atoms with Crippen molar-refractivity contribution in [1.29, 1.82) is 5.26 Å². The third-order valence-corrected chi connectivity index (χ3v) is 6.29. The molecule has 1 aliphatic heterocycles. The van der Waals surface area contributed by atoms with Crippen molar-refractivity contribution in [2.45, 2.75) is 24.5 Å². The minimum absolute atomic E-state index is 0.501. The molecule has 1 heterocycles. The molecule has 3 rings (SSSR count). The molecule has 1 saturated heterocycles. The lowest BCUT2D eigenvalue weighted by Crippen LogP contribution is -2.65. The van der Waals surface area contributed by atoms with Gasteiger partial charge in [0.15, 0.2) is 4.91 Å². The fourth-order valence-corrected chi connectivity index (χ4v) is 4.19. The van der Waals surface area contributed by atoms with Crippen LogP contribution in [-0.4, -0.2) is 68.9 Å². The highest BCUT2D eigenvalue weighted by molar-refractivity contribution is 7.93. The molecule has 4 atom stereocenters. The van der Waals surface area contributed by atoms with Crippen LogP contribution >= 0.6 is 0 Å². The number of nitriles is 1. The fourth-order valence-electron chi connectivity index (χ4n) is 3.13. The zero-order valence-electron chi connectivity index (χ0n) is 16.9. The Balaban J connectivity index is 1.85. The van der Waals surface area contributed by atoms with Gasteiger partial charge in [-0.05, 0) is 40.6 Å². The summed E-state index contributed by atoms with van der Waals surface area (Å²) in [7, 11) is -0.491. The Morgan fingerprint density at radius 1 is 1.23 bits per heavy atom. The maximum Gasteiger partial charge on any atom is 0.252 e. The van der Waals surface area contributed by atoms with Crippen molar-refractivity contribution >= 4 is 32.6 Å². The van der Waals surface area contributed by atoms with E-state index in [1.807, 2.05) is 43.3 Å². The Bertz CT molecular complexity index is 1130. The zero-order valence-corrected chi connectivity index (χ0v) is 17.7. The number of rotatable bonds is 6. The van der Waals surface area contributed by atoms with Crippen molar-refractivity contribution < 1.29 is 28.6 Å². The minimum Gasteiger partial charge on any atom is -0.393 e. The number of fused-ring (bicyclic) bond motifs is 1. The molecule has 0 unspecified atom stereocenters. The largest absolute Gasteiger partial charge is 0.393 e. The first-order valence-electron chi connectivity index (χ1n) is 9.39. The summed E-state index contributed by atoms with van der Waals surface area (Å²) in [5.41, 5.74) is 3.76. The summed E-state index contributed by atoms with van der Waals surface area (Å²) in [6, 6.07) is 12.8. The normalized spacial score (nSPS) is 24.7. The third-order valence-electron chi connectivity index (χ3n) is 4.94. The number of hydrogen-bond donors (Lipinski definition) is 5. The number of anilines is 1. The number of benzene rings is 2. The predicted molar refractivity (Wildman–Crippen MR) is 115 cm³/mol. The molecule has 2 aromatic carbocycles. The molecule has 1 aliphatic rings. The maximum absolute atomic E-state index is 12.7. The highest BCUT2D eigenvalue weighted by atomic mass is 32.2. The topological polar surface area (TPSA) is 155 Å². The predicted octanol–water partition coefficient (Wildman–Crippen LogP) is -0.367. The summed E-state index contributed by atoms with van der Waals surface area (Å²) in [5.74, 6) is 0. The summed E-state index contributed by atoms with van der Waals surface area (Å²) in [6.45, 7) is -0.577. The van der Waals surface area contributed by atoms with Gasteiger partial charge < -0.3 is 20.2 Å². The maximum atomic E-state index is 12.7. The van der Waals surface area contributed by atoms with Crippen molar-refractivity contribution in [1.82, 2.24) is 10.2 Å². The number of aliphatic hydroxyl groups excluding tert-OH is 3. The van der Waals surface area contributed by atoms with Gasteiger partial charge in [-0.2, -0.15) is 15.5 Å². The molecular weight excluding hydrogens is 424 g/mol. The molecule has 0 radical (unpaired) electrons. The third kappa shape index (κ3) is 5.03. The van der Waals surface area contributed by atoms with E-state index >= 15 is 0 Å². The Labute approximate surface area is 180 Å². The van der Waals surface area contributed by atoms with Gasteiger partial charge >= 0.3 is 0 Å². The average molecular weight is 449 g/mol. The van der Waals surface area contributed by atoms with Crippen LogP contribution in [0.25, 0.3) is 16.8 Å². The molecule has 0 saturated carbocycles. The Morgan fingerprint density at radius 2 is 1.90 bits per heavy atom. The van der Waals surface area contributed by atoms with Gasteiger partial charge in [0.05, 0.1) is 6.61 Å². The lowest BCUT2D eigenvalue weighted by Gasteiger charge is -2.37. The van der Waals surface area contributed by atoms with Crippen LogP contribution < -0.4 is 15.1 Å². The van der Waals surface area contributed by atoms with Gasteiger partial charge in [-0.25, -0.2) is 8.42 Å². The van der Waals surface area contributed by atoms with Crippen LogP contribution in [0.1, 0.15) is 5.56 Å². The van der Waals surface area contributed by atoms with E-state index < -0.39 is 46.0 Å². The summed E-state index contributed by atoms with van der Waals surface area (Å²) < 4.78 is 27.4. The second-order valence-electron chi connectivity index (χ2n) is 7.34. The van der Waals surface area contributed by atoms with E-state index in [9.17, 15) is 23.9 Å². The van der Waals surface area contributed by atoms with Gasteiger partial charge in [0.2, 0.25) is 0 Å². The van der Waals surface area contributed by atoms with Crippen LogP contribution in [0.3, 0.4) is 0 Å². The van der Waals surface area contributed by atoms with Gasteiger partial charge in [0, 0.05) is 19.8 Å². The quantitative estimate of drug-likeness (QED) is 0.372. The lowest BCUT2D eigenvalue weighted by molar-refractivity contribution is -0.204. The van der Waals surface area contributed by atoms with Gasteiger partial charge in [-0.3, -0.25) is 4.84 Å². The SMILES string of the molecule is CN(C)c1ccc2cc(/C=C(\C#N)S(=O)(=O)N[C@H]3NO[C@H](CO)[C@@H](O)[C@@H]3O)ccc2c1. The van der Waals surface area contributed by atoms with E-state index in [0.717, 1.165) is 16.5 Å². The molecule has 5 N–H and O–H groups in total. The first kappa shape index (κ1) is 23.1. The fraction of sp³-hybridized carbons (Fsp3) is 0.350. The van der Waals surface area contributed by atoms with E-state index in [1.54, 1.807) is 18.2 Å². The van der Waals surface area contributed by atoms with E-state index in [1.165, 1.54) is 6.08 Å². The summed E-state index contributed by atoms with van der Waals surface area (Å²) in [4.78, 5) is 6.32. The number of nitrogens with zero attached hydrogens (tertiary/aromatic N) is 2. The van der Waals surface area contributed by atoms with Crippen LogP contribution in [0.2, 0.25) is 0 Å². The monoisotopic (exact) mass is 448 g/mol. The van der Waals surface area contributed by atoms with E-state index in [0.29, 0.717) is 5.56 Å². The molecule has 11 heteroatoms. The molecule has 2 aromatic rings. The summed E-state index contributed by atoms with van der Waals surface area (Å²) in [6.07, 6.45) is -4.45. The molecule has 0 bridgehead atoms. The standard InChI is InChI=1S/C20H24N4O6S/c1-24(2)15-6-5-13-7-12(3-4-14(13)9-15)8-16(10-21)31(28,29)23-20-19(27)18(26)17(11-25)30-22-20/h3-9,17-20,22-23,25-27H,11H2,1-2H3/b16-8+/t17-,18-,19+,20-/m1/s1. The molecule has 0 aromatic heterocycles. The van der Waals surface area contributed by atoms with Crippen LogP contribution in [0.5, 0.6) is 0 Å². The molecular formula is C20H24N4O6S. The Hall–Kier alpha value is -2.56. The number of aliphatic hydroxyl groups is 3. The molecule has 1 fully saturated rings. The van der Waals surface area contributed by atoms with Gasteiger partial charge in [-0.1, -0.05) is 18.2 Å². The van der Waals surface area contributed by atoms with E-state index in [-0.39, 0.29) is 0 Å². The van der Waals surface area contributed by atoms with Gasteiger partial charge in [-0.15, -0.1) is 0 Å². The molecule has 31 heavy (non-hydrogen) atoms. The first-order chi connectivity index (χ1) is 14.7. The first-order valence-corrected chi connectivity index (χ1v) is 10.9. The second-order valence-corrected chi connectivity index (χ2v) is 9.02. The van der Waals surface area contributed by atoms with Crippen LogP contribution in [-0.2, 0) is 14.9 Å². The Morgan fingerprint density at radius 3 is 2.55 bits per heavy atom. The van der Waals surface area contributed by atoms with E-state index in [4.69, 9.17) is 9.94 Å². The molecule has 10 nitrogen and oxygen atoms in total. The van der Waals surface area contributed by atoms with Crippen molar-refractivity contribution in [2.75, 3.05) is 25.6 Å². The number of nitrogens with one attached hydrogen (secondary N) is 2. The number of hydroxylamine groups is 1.